The van der Waals surface area contributed by atoms with Gasteiger partial charge in [-0.2, -0.15) is 5.26 Å². The summed E-state index contributed by atoms with van der Waals surface area (Å²) in [5.74, 6) is 0. The molecule has 1 aromatic carbocycles. The lowest BCUT2D eigenvalue weighted by Gasteiger charge is -2.15. The van der Waals surface area contributed by atoms with Crippen molar-refractivity contribution in [1.29, 1.82) is 5.26 Å². The summed E-state index contributed by atoms with van der Waals surface area (Å²) in [6, 6.07) is 8.21. The van der Waals surface area contributed by atoms with Crippen LogP contribution in [0, 0.1) is 14.9 Å². The smallest absolute Gasteiger partial charge is 0.0670 e. The van der Waals surface area contributed by atoms with Crippen LogP contribution < -0.4 is 4.90 Å². The van der Waals surface area contributed by atoms with Gasteiger partial charge >= 0.3 is 0 Å². The summed E-state index contributed by atoms with van der Waals surface area (Å²) in [6.45, 7) is 0. The highest BCUT2D eigenvalue weighted by molar-refractivity contribution is 14.1. The summed E-state index contributed by atoms with van der Waals surface area (Å²) in [5, 5.41) is 8.61. The highest BCUT2D eigenvalue weighted by Crippen LogP contribution is 2.24. The molecule has 13 heavy (non-hydrogen) atoms. The minimum absolute atomic E-state index is 0.486. The first-order chi connectivity index (χ1) is 6.16. The van der Waals surface area contributed by atoms with E-state index >= 15 is 0 Å². The van der Waals surface area contributed by atoms with Gasteiger partial charge in [0.1, 0.15) is 0 Å². The van der Waals surface area contributed by atoms with Crippen molar-refractivity contribution in [2.75, 3.05) is 19.0 Å². The summed E-state index contributed by atoms with van der Waals surface area (Å²) in [5.41, 5.74) is 2.28. The SMILES string of the molecule is CN(C)c1cccc(CC#N)c1I. The summed E-state index contributed by atoms with van der Waals surface area (Å²) in [7, 11) is 4.02. The largest absolute Gasteiger partial charge is 0.377 e. The van der Waals surface area contributed by atoms with Gasteiger partial charge in [-0.05, 0) is 34.2 Å². The van der Waals surface area contributed by atoms with Crippen LogP contribution >= 0.6 is 22.6 Å². The Morgan fingerprint density at radius 2 is 2.15 bits per heavy atom. The molecule has 0 fully saturated rings. The van der Waals surface area contributed by atoms with E-state index in [0.29, 0.717) is 6.42 Å². The number of nitriles is 1. The predicted molar refractivity (Wildman–Crippen MR) is 62.8 cm³/mol. The fourth-order valence-electron chi connectivity index (χ4n) is 1.13. The van der Waals surface area contributed by atoms with Crippen molar-refractivity contribution in [2.45, 2.75) is 6.42 Å². The Labute approximate surface area is 92.3 Å². The third-order valence-corrected chi connectivity index (χ3v) is 3.06. The Hall–Kier alpha value is -0.760. The molecule has 3 heteroatoms. The van der Waals surface area contributed by atoms with Crippen LogP contribution in [0.4, 0.5) is 5.69 Å². The number of halogens is 1. The third kappa shape index (κ3) is 2.34. The molecular weight excluding hydrogens is 275 g/mol. The molecule has 1 rings (SSSR count). The number of rotatable bonds is 2. The summed E-state index contributed by atoms with van der Waals surface area (Å²) in [6.07, 6.45) is 0.486. The van der Waals surface area contributed by atoms with Crippen molar-refractivity contribution in [3.63, 3.8) is 0 Å². The van der Waals surface area contributed by atoms with Crippen molar-refractivity contribution in [3.8, 4) is 6.07 Å². The molecule has 0 radical (unpaired) electrons. The third-order valence-electron chi connectivity index (χ3n) is 1.81. The van der Waals surface area contributed by atoms with E-state index in [2.05, 4.69) is 39.6 Å². The first-order valence-electron chi connectivity index (χ1n) is 3.98. The van der Waals surface area contributed by atoms with Crippen LogP contribution in [0.2, 0.25) is 0 Å². The standard InChI is InChI=1S/C10H11IN2/c1-13(2)9-5-3-4-8(6-7-12)10(9)11/h3-5H,6H2,1-2H3. The van der Waals surface area contributed by atoms with E-state index in [1.165, 1.54) is 9.26 Å². The van der Waals surface area contributed by atoms with Crippen molar-refractivity contribution >= 4 is 28.3 Å². The molecule has 0 spiro atoms. The zero-order chi connectivity index (χ0) is 9.84. The molecule has 0 heterocycles. The van der Waals surface area contributed by atoms with Crippen molar-refractivity contribution < 1.29 is 0 Å². The molecule has 0 saturated heterocycles. The van der Waals surface area contributed by atoms with Crippen molar-refractivity contribution in [3.05, 3.63) is 27.3 Å². The second-order valence-electron chi connectivity index (χ2n) is 2.98. The molecule has 0 aliphatic rings. The van der Waals surface area contributed by atoms with Gasteiger partial charge in [-0.3, -0.25) is 0 Å². The van der Waals surface area contributed by atoms with Crippen molar-refractivity contribution in [1.82, 2.24) is 0 Å². The molecule has 0 bridgehead atoms. The minimum atomic E-state index is 0.486. The highest BCUT2D eigenvalue weighted by Gasteiger charge is 2.05. The molecule has 0 unspecified atom stereocenters. The van der Waals surface area contributed by atoms with E-state index in [9.17, 15) is 0 Å². The zero-order valence-corrected chi connectivity index (χ0v) is 9.87. The van der Waals surface area contributed by atoms with E-state index in [0.717, 1.165) is 5.56 Å². The molecule has 1 aromatic rings. The highest BCUT2D eigenvalue weighted by atomic mass is 127. The number of hydrogen-bond donors (Lipinski definition) is 0. The van der Waals surface area contributed by atoms with Gasteiger partial charge in [0.05, 0.1) is 12.5 Å². The molecule has 0 N–H and O–H groups in total. The van der Waals surface area contributed by atoms with Gasteiger partial charge < -0.3 is 4.90 Å². The van der Waals surface area contributed by atoms with Crippen LogP contribution in [-0.4, -0.2) is 14.1 Å². The normalized spacial score (nSPS) is 9.38. The topological polar surface area (TPSA) is 27.0 Å². The Balaban J connectivity index is 3.12. The second kappa shape index (κ2) is 4.47. The maximum absolute atomic E-state index is 8.61. The minimum Gasteiger partial charge on any atom is -0.377 e. The first-order valence-corrected chi connectivity index (χ1v) is 5.06. The number of anilines is 1. The lowest BCUT2D eigenvalue weighted by Crippen LogP contribution is -2.11. The molecule has 0 aliphatic carbocycles. The summed E-state index contributed by atoms with van der Waals surface area (Å²) in [4.78, 5) is 2.06. The van der Waals surface area contributed by atoms with Gasteiger partial charge in [0.15, 0.2) is 0 Å². The van der Waals surface area contributed by atoms with Crippen LogP contribution in [0.5, 0.6) is 0 Å². The van der Waals surface area contributed by atoms with Crippen LogP contribution in [0.1, 0.15) is 5.56 Å². The quantitative estimate of drug-likeness (QED) is 0.781. The Morgan fingerprint density at radius 1 is 1.46 bits per heavy atom. The van der Waals surface area contributed by atoms with Gasteiger partial charge in [0.2, 0.25) is 0 Å². The van der Waals surface area contributed by atoms with E-state index in [4.69, 9.17) is 5.26 Å². The van der Waals surface area contributed by atoms with E-state index < -0.39 is 0 Å². The lowest BCUT2D eigenvalue weighted by atomic mass is 10.1. The van der Waals surface area contributed by atoms with Crippen LogP contribution in [0.25, 0.3) is 0 Å². The molecule has 0 aliphatic heterocycles. The summed E-state index contributed by atoms with van der Waals surface area (Å²) < 4.78 is 1.17. The number of benzene rings is 1. The average Bonchev–Trinajstić information content (AvgIpc) is 2.08. The Morgan fingerprint density at radius 3 is 2.69 bits per heavy atom. The van der Waals surface area contributed by atoms with Gasteiger partial charge in [-0.15, -0.1) is 0 Å². The predicted octanol–water partition coefficient (Wildman–Crippen LogP) is 2.42. The molecule has 0 aromatic heterocycles. The molecule has 0 amide bonds. The van der Waals surface area contributed by atoms with Crippen LogP contribution in [0.3, 0.4) is 0 Å². The average molecular weight is 286 g/mol. The second-order valence-corrected chi connectivity index (χ2v) is 4.06. The van der Waals surface area contributed by atoms with Crippen LogP contribution in [0.15, 0.2) is 18.2 Å². The monoisotopic (exact) mass is 286 g/mol. The summed E-state index contributed by atoms with van der Waals surface area (Å²) >= 11 is 2.29. The van der Waals surface area contributed by atoms with Gasteiger partial charge in [0, 0.05) is 23.4 Å². The first kappa shape index (κ1) is 10.3. The van der Waals surface area contributed by atoms with Crippen molar-refractivity contribution in [2.24, 2.45) is 0 Å². The molecule has 0 atom stereocenters. The van der Waals surface area contributed by atoms with Gasteiger partial charge in [-0.25, -0.2) is 0 Å². The molecule has 0 saturated carbocycles. The van der Waals surface area contributed by atoms with E-state index in [1.807, 2.05) is 26.2 Å². The molecule has 2 nitrogen and oxygen atoms in total. The Bertz CT molecular complexity index is 339. The van der Waals surface area contributed by atoms with Gasteiger partial charge in [-0.1, -0.05) is 12.1 Å². The lowest BCUT2D eigenvalue weighted by molar-refractivity contribution is 1.11. The molecule has 68 valence electrons. The fraction of sp³-hybridized carbons (Fsp3) is 0.300. The molecular formula is C10H11IN2. The number of nitrogens with zero attached hydrogens (tertiary/aromatic N) is 2. The number of hydrogen-bond acceptors (Lipinski definition) is 2. The van der Waals surface area contributed by atoms with E-state index in [-0.39, 0.29) is 0 Å². The van der Waals surface area contributed by atoms with Gasteiger partial charge in [0.25, 0.3) is 0 Å². The maximum atomic E-state index is 8.61. The van der Waals surface area contributed by atoms with Crippen LogP contribution in [-0.2, 0) is 6.42 Å². The van der Waals surface area contributed by atoms with E-state index in [1.54, 1.807) is 0 Å². The maximum Gasteiger partial charge on any atom is 0.0670 e. The Kier molecular flexibility index (Phi) is 3.55. The fourth-order valence-corrected chi connectivity index (χ4v) is 2.17. The zero-order valence-electron chi connectivity index (χ0n) is 7.71.